The van der Waals surface area contributed by atoms with E-state index in [0.29, 0.717) is 0 Å². The maximum Gasteiger partial charge on any atom is 0.349 e. The van der Waals surface area contributed by atoms with Crippen molar-refractivity contribution in [3.8, 4) is 0 Å². The quantitative estimate of drug-likeness (QED) is 0.575. The Kier molecular flexibility index (Phi) is 7.30. The van der Waals surface area contributed by atoms with E-state index in [0.717, 1.165) is 6.92 Å². The molecule has 8 nitrogen and oxygen atoms in total. The van der Waals surface area contributed by atoms with E-state index in [1.54, 1.807) is 39.0 Å². The molecule has 8 heteroatoms. The summed E-state index contributed by atoms with van der Waals surface area (Å²) in [5, 5.41) is 9.26. The Labute approximate surface area is 151 Å². The Morgan fingerprint density at radius 2 is 1.62 bits per heavy atom. The summed E-state index contributed by atoms with van der Waals surface area (Å²) in [7, 11) is 0. The molecule has 0 saturated heterocycles. The lowest BCUT2D eigenvalue weighted by Crippen LogP contribution is -2.36. The number of carboxylic acid groups (broad SMARTS) is 1. The van der Waals surface area contributed by atoms with Crippen LogP contribution in [0.3, 0.4) is 0 Å². The highest BCUT2D eigenvalue weighted by molar-refractivity contribution is 5.85. The van der Waals surface area contributed by atoms with E-state index >= 15 is 0 Å². The van der Waals surface area contributed by atoms with Crippen molar-refractivity contribution in [1.82, 2.24) is 0 Å². The summed E-state index contributed by atoms with van der Waals surface area (Å²) < 4.78 is 14.9. The van der Waals surface area contributed by atoms with Crippen LogP contribution >= 0.6 is 0 Å². The van der Waals surface area contributed by atoms with Crippen molar-refractivity contribution in [3.05, 3.63) is 35.9 Å². The Balaban J connectivity index is 2.86. The third kappa shape index (κ3) is 7.33. The van der Waals surface area contributed by atoms with Gasteiger partial charge in [-0.2, -0.15) is 0 Å². The molecule has 142 valence electrons. The average molecular weight is 366 g/mol. The van der Waals surface area contributed by atoms with Crippen molar-refractivity contribution >= 4 is 23.9 Å². The van der Waals surface area contributed by atoms with Gasteiger partial charge in [0, 0.05) is 12.5 Å². The molecule has 0 aliphatic heterocycles. The summed E-state index contributed by atoms with van der Waals surface area (Å²) in [6.07, 6.45) is -3.73. The molecule has 0 heterocycles. The van der Waals surface area contributed by atoms with Crippen LogP contribution in [0.1, 0.15) is 45.8 Å². The summed E-state index contributed by atoms with van der Waals surface area (Å²) in [6, 6.07) is 7.86. The van der Waals surface area contributed by atoms with Crippen LogP contribution in [0.5, 0.6) is 0 Å². The second-order valence-corrected chi connectivity index (χ2v) is 6.45. The SMILES string of the molecule is CC(=O)OC(CC(=O)OC(C(=O)O)c1ccccc1)C(=O)OC(C)(C)C. The number of aliphatic carboxylic acids is 1. The summed E-state index contributed by atoms with van der Waals surface area (Å²) in [4.78, 5) is 46.8. The van der Waals surface area contributed by atoms with Gasteiger partial charge in [0.05, 0.1) is 6.42 Å². The van der Waals surface area contributed by atoms with Crippen molar-refractivity contribution in [2.24, 2.45) is 0 Å². The Morgan fingerprint density at radius 3 is 2.08 bits per heavy atom. The Bertz CT molecular complexity index is 660. The van der Waals surface area contributed by atoms with E-state index in [4.69, 9.17) is 14.2 Å². The van der Waals surface area contributed by atoms with Gasteiger partial charge in [0.1, 0.15) is 5.60 Å². The third-order valence-electron chi connectivity index (χ3n) is 2.91. The zero-order chi connectivity index (χ0) is 19.9. The van der Waals surface area contributed by atoms with Gasteiger partial charge in [-0.3, -0.25) is 9.59 Å². The molecule has 1 N–H and O–H groups in total. The normalized spacial score (nSPS) is 13.2. The minimum absolute atomic E-state index is 0.259. The highest BCUT2D eigenvalue weighted by Crippen LogP contribution is 2.20. The number of carbonyl (C=O) groups excluding carboxylic acids is 3. The number of hydrogen-bond acceptors (Lipinski definition) is 7. The van der Waals surface area contributed by atoms with Gasteiger partial charge >= 0.3 is 23.9 Å². The number of carbonyl (C=O) groups is 4. The fourth-order valence-corrected chi connectivity index (χ4v) is 1.96. The molecule has 0 aromatic heterocycles. The molecule has 2 atom stereocenters. The van der Waals surface area contributed by atoms with Gasteiger partial charge < -0.3 is 19.3 Å². The molecular formula is C18H22O8. The number of benzene rings is 1. The first kappa shape index (κ1) is 21.1. The van der Waals surface area contributed by atoms with Gasteiger partial charge in [-0.05, 0) is 20.8 Å². The topological polar surface area (TPSA) is 116 Å². The second kappa shape index (κ2) is 8.98. The molecule has 1 rings (SSSR count). The van der Waals surface area contributed by atoms with E-state index in [-0.39, 0.29) is 5.56 Å². The highest BCUT2D eigenvalue weighted by Gasteiger charge is 2.32. The average Bonchev–Trinajstić information content (AvgIpc) is 2.50. The van der Waals surface area contributed by atoms with Gasteiger partial charge in [-0.25, -0.2) is 9.59 Å². The number of esters is 3. The number of carboxylic acids is 1. The minimum Gasteiger partial charge on any atom is -0.478 e. The standard InChI is InChI=1S/C18H22O8/c1-11(19)24-13(17(23)26-18(2,3)4)10-14(20)25-15(16(21)22)12-8-6-5-7-9-12/h5-9,13,15H,10H2,1-4H3,(H,21,22). The van der Waals surface area contributed by atoms with Crippen molar-refractivity contribution in [1.29, 1.82) is 0 Å². The van der Waals surface area contributed by atoms with Crippen LogP contribution in [0.15, 0.2) is 30.3 Å². The molecule has 0 fully saturated rings. The number of ether oxygens (including phenoxy) is 3. The molecule has 0 amide bonds. The van der Waals surface area contributed by atoms with E-state index in [2.05, 4.69) is 0 Å². The fraction of sp³-hybridized carbons (Fsp3) is 0.444. The van der Waals surface area contributed by atoms with Gasteiger partial charge in [-0.1, -0.05) is 30.3 Å². The first-order valence-corrected chi connectivity index (χ1v) is 7.87. The van der Waals surface area contributed by atoms with Crippen LogP contribution in [0.25, 0.3) is 0 Å². The molecule has 0 bridgehead atoms. The molecule has 1 aromatic carbocycles. The summed E-state index contributed by atoms with van der Waals surface area (Å²) in [5.74, 6) is -4.09. The first-order valence-electron chi connectivity index (χ1n) is 7.87. The Morgan fingerprint density at radius 1 is 1.04 bits per heavy atom. The smallest absolute Gasteiger partial charge is 0.349 e. The first-order chi connectivity index (χ1) is 12.0. The summed E-state index contributed by atoms with van der Waals surface area (Å²) >= 11 is 0. The van der Waals surface area contributed by atoms with Gasteiger partial charge in [0.15, 0.2) is 0 Å². The molecule has 26 heavy (non-hydrogen) atoms. The lowest BCUT2D eigenvalue weighted by Gasteiger charge is -2.23. The molecule has 0 spiro atoms. The van der Waals surface area contributed by atoms with Gasteiger partial charge in [0.2, 0.25) is 12.2 Å². The monoisotopic (exact) mass is 366 g/mol. The summed E-state index contributed by atoms with van der Waals surface area (Å²) in [5.41, 5.74) is -0.595. The molecule has 0 radical (unpaired) electrons. The summed E-state index contributed by atoms with van der Waals surface area (Å²) in [6.45, 7) is 5.92. The molecule has 0 aliphatic rings. The highest BCUT2D eigenvalue weighted by atomic mass is 16.6. The lowest BCUT2D eigenvalue weighted by atomic mass is 10.1. The third-order valence-corrected chi connectivity index (χ3v) is 2.91. The maximum atomic E-state index is 12.1. The molecule has 2 unspecified atom stereocenters. The predicted molar refractivity (Wildman–Crippen MR) is 88.9 cm³/mol. The zero-order valence-electron chi connectivity index (χ0n) is 15.1. The van der Waals surface area contributed by atoms with Gasteiger partial charge in [0.25, 0.3) is 0 Å². The molecular weight excluding hydrogens is 344 g/mol. The Hall–Kier alpha value is -2.90. The predicted octanol–water partition coefficient (Wildman–Crippen LogP) is 2.02. The van der Waals surface area contributed by atoms with Crippen LogP contribution in [0, 0.1) is 0 Å². The van der Waals surface area contributed by atoms with Crippen LogP contribution < -0.4 is 0 Å². The van der Waals surface area contributed by atoms with Crippen LogP contribution in [-0.2, 0) is 33.4 Å². The molecule has 0 aliphatic carbocycles. The van der Waals surface area contributed by atoms with Crippen LogP contribution in [0.4, 0.5) is 0 Å². The van der Waals surface area contributed by atoms with Crippen molar-refractivity contribution in [3.63, 3.8) is 0 Å². The van der Waals surface area contributed by atoms with E-state index < -0.39 is 48.1 Å². The van der Waals surface area contributed by atoms with Crippen molar-refractivity contribution in [2.45, 2.75) is 51.9 Å². The van der Waals surface area contributed by atoms with Crippen molar-refractivity contribution in [2.75, 3.05) is 0 Å². The zero-order valence-corrected chi connectivity index (χ0v) is 15.1. The van der Waals surface area contributed by atoms with Crippen molar-refractivity contribution < 1.29 is 38.5 Å². The molecule has 0 saturated carbocycles. The van der Waals surface area contributed by atoms with E-state index in [9.17, 15) is 24.3 Å². The number of hydrogen-bond donors (Lipinski definition) is 1. The van der Waals surface area contributed by atoms with Crippen LogP contribution in [0.2, 0.25) is 0 Å². The van der Waals surface area contributed by atoms with Gasteiger partial charge in [-0.15, -0.1) is 0 Å². The fourth-order valence-electron chi connectivity index (χ4n) is 1.96. The van der Waals surface area contributed by atoms with E-state index in [1.807, 2.05) is 0 Å². The lowest BCUT2D eigenvalue weighted by molar-refractivity contribution is -0.180. The van der Waals surface area contributed by atoms with E-state index in [1.165, 1.54) is 12.1 Å². The van der Waals surface area contributed by atoms with Crippen LogP contribution in [-0.4, -0.2) is 40.7 Å². The maximum absolute atomic E-state index is 12.1. The number of rotatable bonds is 7. The second-order valence-electron chi connectivity index (χ2n) is 6.45. The largest absolute Gasteiger partial charge is 0.478 e. The molecule has 1 aromatic rings. The minimum atomic E-state index is -1.54.